The lowest BCUT2D eigenvalue weighted by molar-refractivity contribution is -0.119. The SMILES string of the molecule is CNC(=O)c1c(F)cccc1Nc1nc(Nc2cc3c(cc2OC)N(C(=O)CN(C)C)CC3)[nH]c2nccc1-2. The number of aromatic nitrogens is 3. The van der Waals surface area contributed by atoms with Gasteiger partial charge in [0.25, 0.3) is 5.91 Å². The number of likely N-dealkylation sites (N-methyl/N-ethyl adjacent to an activating group) is 1. The lowest BCUT2D eigenvalue weighted by Crippen LogP contribution is -2.36. The van der Waals surface area contributed by atoms with Gasteiger partial charge in [-0.15, -0.1) is 0 Å². The van der Waals surface area contributed by atoms with Gasteiger partial charge in [0.05, 0.1) is 41.8 Å². The van der Waals surface area contributed by atoms with Crippen molar-refractivity contribution in [2.45, 2.75) is 6.42 Å². The van der Waals surface area contributed by atoms with E-state index in [0.717, 1.165) is 11.3 Å². The highest BCUT2D eigenvalue weighted by molar-refractivity contribution is 6.01. The van der Waals surface area contributed by atoms with Crippen molar-refractivity contribution in [2.75, 3.05) is 56.9 Å². The summed E-state index contributed by atoms with van der Waals surface area (Å²) in [7, 11) is 6.73. The second kappa shape index (κ2) is 10.6. The minimum Gasteiger partial charge on any atom is -0.494 e. The molecule has 3 aliphatic heterocycles. The van der Waals surface area contributed by atoms with Crippen LogP contribution in [0, 0.1) is 5.82 Å². The van der Waals surface area contributed by atoms with Crippen molar-refractivity contribution in [3.8, 4) is 17.1 Å². The number of benzene rings is 2. The Bertz CT molecular complexity index is 1520. The molecule has 0 saturated carbocycles. The van der Waals surface area contributed by atoms with E-state index in [9.17, 15) is 14.0 Å². The molecule has 5 rings (SSSR count). The maximum absolute atomic E-state index is 14.6. The number of amides is 2. The maximum Gasteiger partial charge on any atom is 0.256 e. The Hall–Kier alpha value is -4.71. The summed E-state index contributed by atoms with van der Waals surface area (Å²) in [6, 6.07) is 9.90. The molecular weight excluding hydrogens is 503 g/mol. The van der Waals surface area contributed by atoms with Gasteiger partial charge in [0.2, 0.25) is 11.9 Å². The number of methoxy groups -OCH3 is 1. The molecule has 0 atom stereocenters. The number of nitrogens with zero attached hydrogens (tertiary/aromatic N) is 4. The van der Waals surface area contributed by atoms with Crippen molar-refractivity contribution in [3.63, 3.8) is 0 Å². The normalized spacial score (nSPS) is 12.5. The van der Waals surface area contributed by atoms with Crippen molar-refractivity contribution in [3.05, 3.63) is 59.5 Å². The van der Waals surface area contributed by atoms with Gasteiger partial charge in [-0.3, -0.25) is 9.59 Å². The predicted octanol–water partition coefficient (Wildman–Crippen LogP) is 3.35. The Morgan fingerprint density at radius 2 is 2.00 bits per heavy atom. The number of anilines is 5. The third-order valence-corrected chi connectivity index (χ3v) is 6.44. The van der Waals surface area contributed by atoms with Crippen LogP contribution in [0.4, 0.5) is 33.2 Å². The van der Waals surface area contributed by atoms with Gasteiger partial charge in [0, 0.05) is 25.9 Å². The second-order valence-electron chi connectivity index (χ2n) is 9.35. The van der Waals surface area contributed by atoms with Crippen molar-refractivity contribution in [1.82, 2.24) is 25.2 Å². The van der Waals surface area contributed by atoms with Gasteiger partial charge in [-0.25, -0.2) is 9.37 Å². The molecule has 3 aliphatic rings. The van der Waals surface area contributed by atoms with Crippen molar-refractivity contribution < 1.29 is 18.7 Å². The zero-order valence-electron chi connectivity index (χ0n) is 22.1. The fourth-order valence-electron chi connectivity index (χ4n) is 4.63. The first-order chi connectivity index (χ1) is 18.8. The molecule has 11 nitrogen and oxygen atoms in total. The van der Waals surface area contributed by atoms with Gasteiger partial charge in [-0.2, -0.15) is 4.98 Å². The van der Waals surface area contributed by atoms with E-state index in [0.29, 0.717) is 54.1 Å². The number of hydrogen-bond donors (Lipinski definition) is 4. The first-order valence-electron chi connectivity index (χ1n) is 12.3. The number of carbonyl (C=O) groups is 2. The van der Waals surface area contributed by atoms with Crippen molar-refractivity contribution >= 4 is 40.6 Å². The number of carbonyl (C=O) groups excluding carboxylic acids is 2. The molecule has 12 heteroatoms. The standard InChI is InChI=1S/C27H29FN8O3/c1-29-26(38)23-17(28)6-5-7-18(23)31-25-16-8-10-30-24(16)33-27(34-25)32-19-12-15-9-11-36(22(37)14-35(2)3)20(15)13-21(19)39-4/h5-8,10,12-13H,9,11,14H2,1-4H3,(H,29,38)(H3,30,31,32,33,34). The Morgan fingerprint density at radius 1 is 1.18 bits per heavy atom. The summed E-state index contributed by atoms with van der Waals surface area (Å²) in [6.45, 7) is 0.910. The number of ether oxygens (including phenoxy) is 1. The molecule has 2 aromatic carbocycles. The number of halogens is 1. The first-order valence-corrected chi connectivity index (χ1v) is 12.3. The summed E-state index contributed by atoms with van der Waals surface area (Å²) >= 11 is 0. The summed E-state index contributed by atoms with van der Waals surface area (Å²) in [6.07, 6.45) is 2.33. The number of H-pyrrole nitrogens is 1. The van der Waals surface area contributed by atoms with Crippen LogP contribution in [0.5, 0.6) is 5.75 Å². The second-order valence-corrected chi connectivity index (χ2v) is 9.35. The molecule has 0 aliphatic carbocycles. The molecule has 2 aromatic rings. The average molecular weight is 533 g/mol. The van der Waals surface area contributed by atoms with Crippen LogP contribution in [0.1, 0.15) is 15.9 Å². The zero-order valence-corrected chi connectivity index (χ0v) is 22.1. The topological polar surface area (TPSA) is 128 Å². The molecule has 39 heavy (non-hydrogen) atoms. The van der Waals surface area contributed by atoms with Crippen LogP contribution in [-0.2, 0) is 11.2 Å². The Morgan fingerprint density at radius 3 is 2.74 bits per heavy atom. The molecule has 0 saturated heterocycles. The fourth-order valence-corrected chi connectivity index (χ4v) is 4.63. The first kappa shape index (κ1) is 25.9. The number of rotatable bonds is 8. The summed E-state index contributed by atoms with van der Waals surface area (Å²) in [5.74, 6) is 0.596. The Balaban J connectivity index is 1.49. The van der Waals surface area contributed by atoms with Crippen LogP contribution in [0.15, 0.2) is 42.6 Å². The molecule has 2 amide bonds. The van der Waals surface area contributed by atoms with Gasteiger partial charge in [-0.1, -0.05) is 6.07 Å². The smallest absolute Gasteiger partial charge is 0.256 e. The molecule has 0 unspecified atom stereocenters. The van der Waals surface area contributed by atoms with Crippen LogP contribution in [0.3, 0.4) is 0 Å². The van der Waals surface area contributed by atoms with Crippen LogP contribution in [-0.4, -0.2) is 73.0 Å². The van der Waals surface area contributed by atoms with Crippen molar-refractivity contribution in [2.24, 2.45) is 0 Å². The third kappa shape index (κ3) is 5.06. The quantitative estimate of drug-likeness (QED) is 0.272. The van der Waals surface area contributed by atoms with Crippen LogP contribution in [0.25, 0.3) is 11.4 Å². The van der Waals surface area contributed by atoms with Crippen LogP contribution in [0.2, 0.25) is 0 Å². The van der Waals surface area contributed by atoms with E-state index in [4.69, 9.17) is 4.74 Å². The highest BCUT2D eigenvalue weighted by Gasteiger charge is 2.27. The van der Waals surface area contributed by atoms with Crippen LogP contribution >= 0.6 is 0 Å². The fraction of sp³-hybridized carbons (Fsp3) is 0.259. The van der Waals surface area contributed by atoms with E-state index in [1.165, 1.54) is 19.2 Å². The van der Waals surface area contributed by atoms with Crippen LogP contribution < -0.4 is 25.6 Å². The average Bonchev–Trinajstić information content (AvgIpc) is 3.54. The molecule has 0 bridgehead atoms. The Labute approximate surface area is 224 Å². The highest BCUT2D eigenvalue weighted by atomic mass is 19.1. The molecule has 0 fully saturated rings. The summed E-state index contributed by atoms with van der Waals surface area (Å²) < 4.78 is 20.2. The number of fused-ring (bicyclic) bond motifs is 2. The van der Waals surface area contributed by atoms with E-state index in [1.54, 1.807) is 30.3 Å². The molecule has 0 spiro atoms. The minimum absolute atomic E-state index is 0.0217. The summed E-state index contributed by atoms with van der Waals surface area (Å²) in [5.41, 5.74) is 3.28. The van der Waals surface area contributed by atoms with Gasteiger partial charge >= 0.3 is 0 Å². The lowest BCUT2D eigenvalue weighted by Gasteiger charge is -2.21. The summed E-state index contributed by atoms with van der Waals surface area (Å²) in [4.78, 5) is 40.9. The minimum atomic E-state index is -0.655. The molecular formula is C27H29FN8O3. The molecule has 202 valence electrons. The third-order valence-electron chi connectivity index (χ3n) is 6.44. The highest BCUT2D eigenvalue weighted by Crippen LogP contribution is 2.39. The van der Waals surface area contributed by atoms with E-state index in [-0.39, 0.29) is 17.2 Å². The van der Waals surface area contributed by atoms with E-state index >= 15 is 0 Å². The molecule has 3 heterocycles. The molecule has 0 radical (unpaired) electrons. The lowest BCUT2D eigenvalue weighted by atomic mass is 10.1. The van der Waals surface area contributed by atoms with E-state index < -0.39 is 11.7 Å². The van der Waals surface area contributed by atoms with Gasteiger partial charge < -0.3 is 35.5 Å². The maximum atomic E-state index is 14.6. The number of nitrogens with one attached hydrogen (secondary N) is 4. The Kier molecular flexibility index (Phi) is 7.03. The van der Waals surface area contributed by atoms with Gasteiger partial charge in [0.1, 0.15) is 23.2 Å². The largest absolute Gasteiger partial charge is 0.494 e. The molecule has 4 N–H and O–H groups in total. The summed E-state index contributed by atoms with van der Waals surface area (Å²) in [5, 5.41) is 8.82. The predicted molar refractivity (Wildman–Crippen MR) is 147 cm³/mol. The van der Waals surface area contributed by atoms with E-state index in [2.05, 4.69) is 30.9 Å². The number of aromatic amines is 1. The van der Waals surface area contributed by atoms with Crippen molar-refractivity contribution in [1.29, 1.82) is 0 Å². The zero-order chi connectivity index (χ0) is 27.7. The van der Waals surface area contributed by atoms with Gasteiger partial charge in [-0.05, 0) is 50.3 Å². The monoisotopic (exact) mass is 532 g/mol. The van der Waals surface area contributed by atoms with E-state index in [1.807, 2.05) is 31.1 Å². The number of hydrogen-bond acceptors (Lipinski definition) is 8. The van der Waals surface area contributed by atoms with Gasteiger partial charge in [0.15, 0.2) is 0 Å². The molecule has 0 aromatic heterocycles.